The van der Waals surface area contributed by atoms with Gasteiger partial charge in [-0.15, -0.1) is 0 Å². The van der Waals surface area contributed by atoms with Crippen LogP contribution < -0.4 is 10.0 Å². The van der Waals surface area contributed by atoms with Gasteiger partial charge in [0.2, 0.25) is 0 Å². The van der Waals surface area contributed by atoms with Crippen molar-refractivity contribution in [3.8, 4) is 0 Å². The first kappa shape index (κ1) is 19.9. The van der Waals surface area contributed by atoms with Gasteiger partial charge in [0.15, 0.2) is 0 Å². The fraction of sp³-hybridized carbons (Fsp3) is 0.316. The highest BCUT2D eigenvalue weighted by atomic mass is 32.2. The Morgan fingerprint density at radius 1 is 1.08 bits per heavy atom. The Morgan fingerprint density at radius 3 is 2.46 bits per heavy atom. The van der Waals surface area contributed by atoms with Crippen LogP contribution in [0.1, 0.15) is 21.5 Å². The molecule has 2 N–H and O–H groups in total. The van der Waals surface area contributed by atoms with Gasteiger partial charge in [-0.2, -0.15) is 0 Å². The Labute approximate surface area is 155 Å². The number of hydrogen-bond acceptors (Lipinski definition) is 4. The lowest BCUT2D eigenvalue weighted by atomic mass is 10.1. The number of nitrogens with zero attached hydrogens (tertiary/aromatic N) is 1. The quantitative estimate of drug-likeness (QED) is 0.779. The Bertz CT molecular complexity index is 893. The number of nitrogens with one attached hydrogen (secondary N) is 2. The van der Waals surface area contributed by atoms with Gasteiger partial charge in [0, 0.05) is 24.3 Å². The number of sulfonamides is 1. The molecule has 2 aromatic rings. The molecule has 6 nitrogen and oxygen atoms in total. The fourth-order valence-electron chi connectivity index (χ4n) is 2.44. The van der Waals surface area contributed by atoms with Crippen molar-refractivity contribution in [1.82, 2.24) is 10.2 Å². The Morgan fingerprint density at radius 2 is 1.81 bits per heavy atom. The van der Waals surface area contributed by atoms with Crippen LogP contribution in [0.5, 0.6) is 0 Å². The zero-order valence-corrected chi connectivity index (χ0v) is 16.4. The van der Waals surface area contributed by atoms with Crippen molar-refractivity contribution in [3.63, 3.8) is 0 Å². The Kier molecular flexibility index (Phi) is 6.39. The molecule has 7 heteroatoms. The molecule has 0 atom stereocenters. The highest BCUT2D eigenvalue weighted by Crippen LogP contribution is 2.21. The van der Waals surface area contributed by atoms with E-state index in [1.54, 1.807) is 37.3 Å². The summed E-state index contributed by atoms with van der Waals surface area (Å²) in [5.74, 6) is -0.293. The van der Waals surface area contributed by atoms with Gasteiger partial charge in [-0.1, -0.05) is 18.2 Å². The smallest absolute Gasteiger partial charge is 0.262 e. The van der Waals surface area contributed by atoms with E-state index in [2.05, 4.69) is 10.0 Å². The average Bonchev–Trinajstić information content (AvgIpc) is 2.54. The molecule has 0 aromatic heterocycles. The van der Waals surface area contributed by atoms with E-state index in [1.165, 1.54) is 6.07 Å². The summed E-state index contributed by atoms with van der Waals surface area (Å²) in [6.45, 7) is 4.79. The van der Waals surface area contributed by atoms with Gasteiger partial charge in [-0.25, -0.2) is 8.42 Å². The van der Waals surface area contributed by atoms with Crippen molar-refractivity contribution in [2.24, 2.45) is 0 Å². The summed E-state index contributed by atoms with van der Waals surface area (Å²) in [5.41, 5.74) is 2.34. The number of anilines is 1. The second-order valence-electron chi connectivity index (χ2n) is 6.51. The molecular weight excluding hydrogens is 350 g/mol. The van der Waals surface area contributed by atoms with Crippen LogP contribution in [0.25, 0.3) is 0 Å². The minimum Gasteiger partial charge on any atom is -0.351 e. The molecule has 0 radical (unpaired) electrons. The summed E-state index contributed by atoms with van der Waals surface area (Å²) in [6, 6.07) is 11.8. The molecule has 2 rings (SSSR count). The lowest BCUT2D eigenvalue weighted by Crippen LogP contribution is -2.31. The normalized spacial score (nSPS) is 11.4. The lowest BCUT2D eigenvalue weighted by Gasteiger charge is -2.13. The average molecular weight is 375 g/mol. The first-order valence-corrected chi connectivity index (χ1v) is 9.80. The number of carbonyl (C=O) groups excluding carboxylic acids is 1. The van der Waals surface area contributed by atoms with Gasteiger partial charge >= 0.3 is 0 Å². The van der Waals surface area contributed by atoms with Crippen LogP contribution in [0.15, 0.2) is 47.4 Å². The highest BCUT2D eigenvalue weighted by molar-refractivity contribution is 7.92. The zero-order chi connectivity index (χ0) is 19.3. The number of likely N-dealkylation sites (N-methyl/N-ethyl adjacent to an activating group) is 1. The molecule has 0 spiro atoms. The first-order valence-electron chi connectivity index (χ1n) is 8.32. The van der Waals surface area contributed by atoms with E-state index in [9.17, 15) is 13.2 Å². The SMILES string of the molecule is Cc1cccc(NS(=O)(=O)c2cc(C(=O)NCCN(C)C)ccc2C)c1. The van der Waals surface area contributed by atoms with Crippen molar-refractivity contribution < 1.29 is 13.2 Å². The largest absolute Gasteiger partial charge is 0.351 e. The zero-order valence-electron chi connectivity index (χ0n) is 15.5. The number of benzene rings is 2. The number of rotatable bonds is 7. The third-order valence-corrected chi connectivity index (χ3v) is 5.38. The third kappa shape index (κ3) is 5.31. The maximum absolute atomic E-state index is 12.8. The molecule has 26 heavy (non-hydrogen) atoms. The second-order valence-corrected chi connectivity index (χ2v) is 8.17. The van der Waals surface area contributed by atoms with Crippen LogP contribution in [0.4, 0.5) is 5.69 Å². The van der Waals surface area contributed by atoms with E-state index < -0.39 is 10.0 Å². The van der Waals surface area contributed by atoms with Crippen LogP contribution >= 0.6 is 0 Å². The molecule has 0 aliphatic heterocycles. The molecule has 0 saturated carbocycles. The summed E-state index contributed by atoms with van der Waals surface area (Å²) >= 11 is 0. The van der Waals surface area contributed by atoms with Gasteiger partial charge in [-0.05, 0) is 63.3 Å². The maximum atomic E-state index is 12.8. The molecule has 1 amide bonds. The minimum atomic E-state index is -3.79. The van der Waals surface area contributed by atoms with E-state index in [4.69, 9.17) is 0 Å². The van der Waals surface area contributed by atoms with Gasteiger partial charge in [0.25, 0.3) is 15.9 Å². The molecule has 0 aliphatic rings. The first-order chi connectivity index (χ1) is 12.2. The topological polar surface area (TPSA) is 78.5 Å². The van der Waals surface area contributed by atoms with Crippen molar-refractivity contribution in [2.45, 2.75) is 18.7 Å². The number of amides is 1. The van der Waals surface area contributed by atoms with Crippen LogP contribution in [-0.4, -0.2) is 46.4 Å². The minimum absolute atomic E-state index is 0.0965. The van der Waals surface area contributed by atoms with Crippen molar-refractivity contribution in [2.75, 3.05) is 31.9 Å². The third-order valence-electron chi connectivity index (χ3n) is 3.85. The van der Waals surface area contributed by atoms with Crippen molar-refractivity contribution >= 4 is 21.6 Å². The standard InChI is InChI=1S/C19H25N3O3S/c1-14-6-5-7-17(12-14)21-26(24,25)18-13-16(9-8-15(18)2)19(23)20-10-11-22(3)4/h5-9,12-13,21H,10-11H2,1-4H3,(H,20,23). The Balaban J connectivity index is 2.24. The van der Waals surface area contributed by atoms with Crippen LogP contribution in [0, 0.1) is 13.8 Å². The van der Waals surface area contributed by atoms with Crippen molar-refractivity contribution in [3.05, 3.63) is 59.2 Å². The molecule has 0 fully saturated rings. The summed E-state index contributed by atoms with van der Waals surface area (Å²) in [5, 5.41) is 2.79. The van der Waals surface area contributed by atoms with Crippen LogP contribution in [-0.2, 0) is 10.0 Å². The lowest BCUT2D eigenvalue weighted by molar-refractivity contribution is 0.0951. The number of aryl methyl sites for hydroxylation is 2. The van der Waals surface area contributed by atoms with E-state index in [-0.39, 0.29) is 10.8 Å². The summed E-state index contributed by atoms with van der Waals surface area (Å²) in [4.78, 5) is 14.3. The van der Waals surface area contributed by atoms with Gasteiger partial charge in [0.05, 0.1) is 4.90 Å². The van der Waals surface area contributed by atoms with Crippen LogP contribution in [0.2, 0.25) is 0 Å². The summed E-state index contributed by atoms with van der Waals surface area (Å²) < 4.78 is 28.1. The number of hydrogen-bond donors (Lipinski definition) is 2. The van der Waals surface area contributed by atoms with Gasteiger partial charge in [-0.3, -0.25) is 9.52 Å². The fourth-order valence-corrected chi connectivity index (χ4v) is 3.77. The molecule has 0 saturated heterocycles. The molecule has 140 valence electrons. The highest BCUT2D eigenvalue weighted by Gasteiger charge is 2.19. The predicted octanol–water partition coefficient (Wildman–Crippen LogP) is 2.40. The molecule has 0 aliphatic carbocycles. The molecule has 0 heterocycles. The monoisotopic (exact) mass is 375 g/mol. The van der Waals surface area contributed by atoms with E-state index in [1.807, 2.05) is 32.0 Å². The molecule has 0 unspecified atom stereocenters. The van der Waals surface area contributed by atoms with Crippen molar-refractivity contribution in [1.29, 1.82) is 0 Å². The van der Waals surface area contributed by atoms with E-state index in [0.717, 1.165) is 5.56 Å². The summed E-state index contributed by atoms with van der Waals surface area (Å²) in [6.07, 6.45) is 0. The van der Waals surface area contributed by atoms with Gasteiger partial charge in [0.1, 0.15) is 0 Å². The molecular formula is C19H25N3O3S. The second kappa shape index (κ2) is 8.33. The Hall–Kier alpha value is -2.38. The van der Waals surface area contributed by atoms with E-state index >= 15 is 0 Å². The molecule has 0 bridgehead atoms. The van der Waals surface area contributed by atoms with E-state index in [0.29, 0.717) is 29.9 Å². The summed E-state index contributed by atoms with van der Waals surface area (Å²) in [7, 11) is 0.0437. The van der Waals surface area contributed by atoms with Crippen LogP contribution in [0.3, 0.4) is 0 Å². The predicted molar refractivity (Wildman–Crippen MR) is 104 cm³/mol. The number of carbonyl (C=O) groups is 1. The maximum Gasteiger partial charge on any atom is 0.262 e. The van der Waals surface area contributed by atoms with Gasteiger partial charge < -0.3 is 10.2 Å². The molecule has 2 aromatic carbocycles.